The number of carboxylic acids is 1. The van der Waals surface area contributed by atoms with Gasteiger partial charge in [-0.1, -0.05) is 28.1 Å². The topological polar surface area (TPSA) is 98.9 Å². The van der Waals surface area contributed by atoms with Gasteiger partial charge in [0.15, 0.2) is 11.5 Å². The number of rotatable bonds is 6. The highest BCUT2D eigenvalue weighted by molar-refractivity contribution is 9.10. The molecule has 0 bridgehead atoms. The molecule has 25 heavy (non-hydrogen) atoms. The van der Waals surface area contributed by atoms with Crippen molar-refractivity contribution in [1.82, 2.24) is 0 Å². The summed E-state index contributed by atoms with van der Waals surface area (Å²) in [5, 5.41) is 20.7. The molecule has 0 aliphatic heterocycles. The van der Waals surface area contributed by atoms with Crippen LogP contribution in [0.1, 0.15) is 11.1 Å². The van der Waals surface area contributed by atoms with E-state index in [9.17, 15) is 20.0 Å². The largest absolute Gasteiger partial charge is 0.493 e. The van der Waals surface area contributed by atoms with Crippen molar-refractivity contribution in [2.75, 3.05) is 14.2 Å². The van der Waals surface area contributed by atoms with Crippen LogP contribution in [0.5, 0.6) is 11.5 Å². The first-order valence-electron chi connectivity index (χ1n) is 6.99. The first-order chi connectivity index (χ1) is 11.9. The second-order valence-electron chi connectivity index (χ2n) is 4.87. The molecule has 0 atom stereocenters. The minimum Gasteiger partial charge on any atom is -0.493 e. The van der Waals surface area contributed by atoms with Crippen molar-refractivity contribution in [3.63, 3.8) is 0 Å². The normalized spacial score (nSPS) is 11.1. The fourth-order valence-corrected chi connectivity index (χ4v) is 2.78. The van der Waals surface area contributed by atoms with Crippen molar-refractivity contribution in [3.8, 4) is 11.5 Å². The number of halogens is 1. The number of carbonyl (C=O) groups is 1. The summed E-state index contributed by atoms with van der Waals surface area (Å²) < 4.78 is 10.8. The third-order valence-corrected chi connectivity index (χ3v) is 4.08. The van der Waals surface area contributed by atoms with Crippen LogP contribution in [0.15, 0.2) is 40.9 Å². The van der Waals surface area contributed by atoms with E-state index >= 15 is 0 Å². The first-order valence-corrected chi connectivity index (χ1v) is 7.78. The summed E-state index contributed by atoms with van der Waals surface area (Å²) in [6, 6.07) is 8.98. The Labute approximate surface area is 151 Å². The summed E-state index contributed by atoms with van der Waals surface area (Å²) in [5.74, 6) is -0.463. The summed E-state index contributed by atoms with van der Waals surface area (Å²) in [6.45, 7) is 0. The number of nitro groups is 1. The van der Waals surface area contributed by atoms with E-state index in [0.29, 0.717) is 21.5 Å². The molecule has 0 saturated heterocycles. The van der Waals surface area contributed by atoms with Crippen LogP contribution in [0.4, 0.5) is 5.69 Å². The maximum atomic E-state index is 11.8. The van der Waals surface area contributed by atoms with Crippen LogP contribution in [0.3, 0.4) is 0 Å². The van der Waals surface area contributed by atoms with E-state index in [-0.39, 0.29) is 16.8 Å². The van der Waals surface area contributed by atoms with Gasteiger partial charge in [-0.25, -0.2) is 4.79 Å². The first kappa shape index (κ1) is 18.5. The van der Waals surface area contributed by atoms with Gasteiger partial charge in [-0.05, 0) is 24.3 Å². The van der Waals surface area contributed by atoms with E-state index in [4.69, 9.17) is 9.47 Å². The summed E-state index contributed by atoms with van der Waals surface area (Å²) in [6.07, 6.45) is 1.26. The third-order valence-electron chi connectivity index (χ3n) is 3.43. The molecule has 0 aromatic heterocycles. The van der Waals surface area contributed by atoms with Crippen molar-refractivity contribution in [1.29, 1.82) is 0 Å². The molecule has 0 amide bonds. The number of carboxylic acid groups (broad SMARTS) is 1. The standard InChI is InChI=1S/C17H14BrNO6/c1-24-15-8-11(13(18)9-16(15)25-2)12(17(20)21)7-10-5-3-4-6-14(10)19(22)23/h3-9H,1-2H3,(H,20,21). The van der Waals surface area contributed by atoms with Crippen LogP contribution in [0.2, 0.25) is 0 Å². The number of methoxy groups -OCH3 is 2. The highest BCUT2D eigenvalue weighted by Gasteiger charge is 2.20. The van der Waals surface area contributed by atoms with Gasteiger partial charge in [0.1, 0.15) is 0 Å². The average Bonchev–Trinajstić information content (AvgIpc) is 2.59. The lowest BCUT2D eigenvalue weighted by molar-refractivity contribution is -0.385. The predicted octanol–water partition coefficient (Wildman–Crippen LogP) is 4.00. The van der Waals surface area contributed by atoms with Gasteiger partial charge in [-0.2, -0.15) is 0 Å². The molecule has 0 radical (unpaired) electrons. The Morgan fingerprint density at radius 3 is 2.36 bits per heavy atom. The smallest absolute Gasteiger partial charge is 0.336 e. The Morgan fingerprint density at radius 1 is 1.20 bits per heavy atom. The number of nitrogens with zero attached hydrogens (tertiary/aromatic N) is 1. The van der Waals surface area contributed by atoms with Gasteiger partial charge in [-0.3, -0.25) is 10.1 Å². The van der Waals surface area contributed by atoms with Crippen LogP contribution >= 0.6 is 15.9 Å². The lowest BCUT2D eigenvalue weighted by Crippen LogP contribution is -2.03. The van der Waals surface area contributed by atoms with E-state index in [2.05, 4.69) is 15.9 Å². The zero-order chi connectivity index (χ0) is 18.6. The number of hydrogen-bond donors (Lipinski definition) is 1. The molecular weight excluding hydrogens is 394 g/mol. The van der Waals surface area contributed by atoms with Crippen molar-refractivity contribution in [3.05, 3.63) is 62.1 Å². The van der Waals surface area contributed by atoms with Gasteiger partial charge in [0.25, 0.3) is 5.69 Å². The fraction of sp³-hybridized carbons (Fsp3) is 0.118. The van der Waals surface area contributed by atoms with Gasteiger partial charge < -0.3 is 14.6 Å². The predicted molar refractivity (Wildman–Crippen MR) is 95.8 cm³/mol. The van der Waals surface area contributed by atoms with Gasteiger partial charge in [0.05, 0.1) is 30.3 Å². The van der Waals surface area contributed by atoms with Crippen LogP contribution in [0, 0.1) is 10.1 Å². The lowest BCUT2D eigenvalue weighted by atomic mass is 10.0. The molecule has 2 aromatic rings. The SMILES string of the molecule is COc1cc(Br)c(C(=Cc2ccccc2[N+](=O)[O-])C(=O)O)cc1OC. The highest BCUT2D eigenvalue weighted by Crippen LogP contribution is 2.37. The van der Waals surface area contributed by atoms with Crippen molar-refractivity contribution in [2.24, 2.45) is 0 Å². The fourth-order valence-electron chi connectivity index (χ4n) is 2.25. The third kappa shape index (κ3) is 3.97. The van der Waals surface area contributed by atoms with Crippen LogP contribution in [-0.2, 0) is 4.79 Å². The number of benzene rings is 2. The molecule has 8 heteroatoms. The Balaban J connectivity index is 2.68. The quantitative estimate of drug-likeness (QED) is 0.336. The molecule has 2 aromatic carbocycles. The minimum absolute atomic E-state index is 0.123. The molecule has 2 rings (SSSR count). The number of nitro benzene ring substituents is 1. The van der Waals surface area contributed by atoms with Crippen LogP contribution in [-0.4, -0.2) is 30.2 Å². The minimum atomic E-state index is -1.23. The molecule has 0 saturated carbocycles. The number of ether oxygens (including phenoxy) is 2. The maximum absolute atomic E-state index is 11.8. The lowest BCUT2D eigenvalue weighted by Gasteiger charge is -2.12. The van der Waals surface area contributed by atoms with Gasteiger partial charge in [0.2, 0.25) is 0 Å². The molecule has 0 heterocycles. The Hall–Kier alpha value is -2.87. The summed E-state index contributed by atoms with van der Waals surface area (Å²) in [4.78, 5) is 22.3. The molecular formula is C17H14BrNO6. The van der Waals surface area contributed by atoms with Crippen molar-refractivity contribution < 1.29 is 24.3 Å². The molecule has 0 spiro atoms. The van der Waals surface area contributed by atoms with Gasteiger partial charge in [-0.15, -0.1) is 0 Å². The monoisotopic (exact) mass is 407 g/mol. The number of hydrogen-bond acceptors (Lipinski definition) is 5. The second kappa shape index (κ2) is 7.80. The zero-order valence-corrected chi connectivity index (χ0v) is 14.9. The molecule has 1 N–H and O–H groups in total. The van der Waals surface area contributed by atoms with Crippen LogP contribution in [0.25, 0.3) is 11.6 Å². The van der Waals surface area contributed by atoms with E-state index < -0.39 is 10.9 Å². The van der Waals surface area contributed by atoms with E-state index in [1.165, 1.54) is 44.6 Å². The number of aliphatic carboxylic acids is 1. The Kier molecular flexibility index (Phi) is 5.76. The van der Waals surface area contributed by atoms with E-state index in [1.807, 2.05) is 0 Å². The van der Waals surface area contributed by atoms with Gasteiger partial charge >= 0.3 is 5.97 Å². The highest BCUT2D eigenvalue weighted by atomic mass is 79.9. The van der Waals surface area contributed by atoms with Gasteiger partial charge in [0, 0.05) is 16.1 Å². The second-order valence-corrected chi connectivity index (χ2v) is 5.72. The van der Waals surface area contributed by atoms with Crippen molar-refractivity contribution in [2.45, 2.75) is 0 Å². The summed E-state index contributed by atoms with van der Waals surface area (Å²) >= 11 is 3.31. The van der Waals surface area contributed by atoms with E-state index in [1.54, 1.807) is 12.1 Å². The Bertz CT molecular complexity index is 862. The number of para-hydroxylation sites is 1. The molecule has 0 aliphatic rings. The van der Waals surface area contributed by atoms with E-state index in [0.717, 1.165) is 0 Å². The zero-order valence-electron chi connectivity index (χ0n) is 13.4. The van der Waals surface area contributed by atoms with Crippen LogP contribution < -0.4 is 9.47 Å². The summed E-state index contributed by atoms with van der Waals surface area (Å²) in [7, 11) is 2.90. The summed E-state index contributed by atoms with van der Waals surface area (Å²) in [5.41, 5.74) is 0.190. The Morgan fingerprint density at radius 2 is 1.80 bits per heavy atom. The molecule has 130 valence electrons. The average molecular weight is 408 g/mol. The molecule has 7 nitrogen and oxygen atoms in total. The maximum Gasteiger partial charge on any atom is 0.336 e. The van der Waals surface area contributed by atoms with Crippen molar-refractivity contribution >= 4 is 39.2 Å². The molecule has 0 unspecified atom stereocenters. The molecule has 0 fully saturated rings. The molecule has 0 aliphatic carbocycles.